The Morgan fingerprint density at radius 3 is 2.53 bits per heavy atom. The number of aromatic nitrogens is 4. The molecule has 1 fully saturated rings. The smallest absolute Gasteiger partial charge is 0.212 e. The summed E-state index contributed by atoms with van der Waals surface area (Å²) >= 11 is 0. The zero-order chi connectivity index (χ0) is 26.5. The third kappa shape index (κ3) is 5.54. The summed E-state index contributed by atoms with van der Waals surface area (Å²) in [7, 11) is 3.28. The van der Waals surface area contributed by atoms with Crippen LogP contribution in [-0.4, -0.2) is 77.6 Å². The number of fused-ring (bicyclic) bond motifs is 1. The van der Waals surface area contributed by atoms with Gasteiger partial charge in [-0.3, -0.25) is 4.90 Å². The van der Waals surface area contributed by atoms with E-state index in [-0.39, 0.29) is 6.10 Å². The van der Waals surface area contributed by atoms with Crippen LogP contribution in [0.1, 0.15) is 18.1 Å². The molecule has 196 valence electrons. The van der Waals surface area contributed by atoms with E-state index < -0.39 is 0 Å². The number of nitrogens with zero attached hydrogens (tertiary/aromatic N) is 7. The summed E-state index contributed by atoms with van der Waals surface area (Å²) in [6.45, 7) is 6.88. The van der Waals surface area contributed by atoms with Crippen molar-refractivity contribution in [2.75, 3.05) is 51.9 Å². The highest BCUT2D eigenvalue weighted by molar-refractivity contribution is 5.85. The average molecular weight is 514 g/mol. The first-order chi connectivity index (χ1) is 18.6. The summed E-state index contributed by atoms with van der Waals surface area (Å²) in [6, 6.07) is 12.2. The number of anilines is 1. The minimum absolute atomic E-state index is 0.0456. The maximum Gasteiger partial charge on any atom is 0.212 e. The predicted octanol–water partition coefficient (Wildman–Crippen LogP) is 3.41. The van der Waals surface area contributed by atoms with Gasteiger partial charge in [-0.15, -0.1) is 0 Å². The predicted molar refractivity (Wildman–Crippen MR) is 143 cm³/mol. The van der Waals surface area contributed by atoms with Gasteiger partial charge in [-0.2, -0.15) is 10.4 Å². The fourth-order valence-electron chi connectivity index (χ4n) is 4.51. The van der Waals surface area contributed by atoms with Crippen molar-refractivity contribution in [2.24, 2.45) is 0 Å². The second-order valence-electron chi connectivity index (χ2n) is 9.29. The maximum absolute atomic E-state index is 9.64. The Bertz CT molecular complexity index is 1410. The van der Waals surface area contributed by atoms with Crippen molar-refractivity contribution in [2.45, 2.75) is 19.6 Å². The third-order valence-electron chi connectivity index (χ3n) is 6.76. The number of hydrogen-bond acceptors (Lipinski definition) is 9. The van der Waals surface area contributed by atoms with E-state index in [1.165, 1.54) is 5.56 Å². The van der Waals surface area contributed by atoms with Gasteiger partial charge in [0.25, 0.3) is 0 Å². The second-order valence-corrected chi connectivity index (χ2v) is 9.29. The lowest BCUT2D eigenvalue weighted by molar-refractivity contribution is 0.0715. The SMILES string of the molecule is COc1ccc(CN2CCN(c3ccc(-c4cc(OCC(C)OC)cn5ncc(C#N)c45)cn3)CC2)cn1. The molecule has 4 aromatic heterocycles. The number of ether oxygens (including phenoxy) is 3. The molecule has 0 bridgehead atoms. The molecule has 1 aliphatic heterocycles. The van der Waals surface area contributed by atoms with Crippen LogP contribution in [0.2, 0.25) is 0 Å². The molecule has 1 saturated heterocycles. The molecule has 0 N–H and O–H groups in total. The molecule has 4 aromatic rings. The van der Waals surface area contributed by atoms with Crippen LogP contribution in [-0.2, 0) is 11.3 Å². The van der Waals surface area contributed by atoms with Crippen molar-refractivity contribution in [1.82, 2.24) is 24.5 Å². The van der Waals surface area contributed by atoms with Crippen molar-refractivity contribution < 1.29 is 14.2 Å². The van der Waals surface area contributed by atoms with Gasteiger partial charge in [0.2, 0.25) is 5.88 Å². The molecular formula is C28H31N7O3. The number of rotatable bonds is 9. The first kappa shape index (κ1) is 25.4. The molecule has 0 radical (unpaired) electrons. The van der Waals surface area contributed by atoms with Crippen molar-refractivity contribution in [3.05, 3.63) is 66.2 Å². The highest BCUT2D eigenvalue weighted by Crippen LogP contribution is 2.31. The summed E-state index contributed by atoms with van der Waals surface area (Å²) in [5.74, 6) is 2.22. The van der Waals surface area contributed by atoms with Crippen LogP contribution >= 0.6 is 0 Å². The quantitative estimate of drug-likeness (QED) is 0.333. The minimum atomic E-state index is -0.0456. The van der Waals surface area contributed by atoms with Crippen molar-refractivity contribution in [3.8, 4) is 28.8 Å². The molecule has 5 heterocycles. The highest BCUT2D eigenvalue weighted by atomic mass is 16.5. The van der Waals surface area contributed by atoms with Gasteiger partial charge < -0.3 is 19.1 Å². The van der Waals surface area contributed by atoms with E-state index in [1.807, 2.05) is 43.6 Å². The monoisotopic (exact) mass is 513 g/mol. The molecule has 0 spiro atoms. The Balaban J connectivity index is 1.29. The molecule has 0 aliphatic carbocycles. The van der Waals surface area contributed by atoms with E-state index in [2.05, 4.69) is 32.0 Å². The highest BCUT2D eigenvalue weighted by Gasteiger charge is 2.19. The van der Waals surface area contributed by atoms with E-state index in [4.69, 9.17) is 19.2 Å². The van der Waals surface area contributed by atoms with E-state index in [9.17, 15) is 5.26 Å². The van der Waals surface area contributed by atoms with Crippen molar-refractivity contribution in [1.29, 1.82) is 5.26 Å². The van der Waals surface area contributed by atoms with Crippen LogP contribution in [0.5, 0.6) is 11.6 Å². The largest absolute Gasteiger partial charge is 0.489 e. The summed E-state index contributed by atoms with van der Waals surface area (Å²) < 4.78 is 18.1. The van der Waals surface area contributed by atoms with E-state index in [0.717, 1.165) is 55.2 Å². The number of methoxy groups -OCH3 is 2. The first-order valence-electron chi connectivity index (χ1n) is 12.6. The van der Waals surface area contributed by atoms with Crippen molar-refractivity contribution in [3.63, 3.8) is 0 Å². The van der Waals surface area contributed by atoms with Gasteiger partial charge in [0, 0.05) is 69.4 Å². The van der Waals surface area contributed by atoms with Gasteiger partial charge >= 0.3 is 0 Å². The number of pyridine rings is 3. The zero-order valence-electron chi connectivity index (χ0n) is 21.9. The van der Waals surface area contributed by atoms with Gasteiger partial charge in [-0.1, -0.05) is 6.07 Å². The van der Waals surface area contributed by atoms with E-state index in [0.29, 0.717) is 23.8 Å². The minimum Gasteiger partial charge on any atom is -0.489 e. The molecule has 0 saturated carbocycles. The van der Waals surface area contributed by atoms with Crippen molar-refractivity contribution >= 4 is 11.3 Å². The Kier molecular flexibility index (Phi) is 7.67. The average Bonchev–Trinajstić information content (AvgIpc) is 3.39. The van der Waals surface area contributed by atoms with Gasteiger partial charge in [0.15, 0.2) is 0 Å². The lowest BCUT2D eigenvalue weighted by Crippen LogP contribution is -2.46. The molecule has 0 amide bonds. The van der Waals surface area contributed by atoms with E-state index in [1.54, 1.807) is 31.1 Å². The summed E-state index contributed by atoms with van der Waals surface area (Å²) in [5.41, 5.74) is 4.15. The number of hydrogen-bond donors (Lipinski definition) is 0. The molecule has 10 heteroatoms. The molecule has 10 nitrogen and oxygen atoms in total. The molecule has 1 aliphatic rings. The summed E-state index contributed by atoms with van der Waals surface area (Å²) in [4.78, 5) is 13.8. The van der Waals surface area contributed by atoms with Gasteiger partial charge in [-0.05, 0) is 30.7 Å². The van der Waals surface area contributed by atoms with Crippen LogP contribution in [0.25, 0.3) is 16.6 Å². The number of piperazine rings is 1. The van der Waals surface area contributed by atoms with Crippen LogP contribution in [0, 0.1) is 11.3 Å². The normalized spacial score (nSPS) is 14.8. The zero-order valence-corrected chi connectivity index (χ0v) is 21.9. The first-order valence-corrected chi connectivity index (χ1v) is 12.6. The fourth-order valence-corrected chi connectivity index (χ4v) is 4.51. The Hall–Kier alpha value is -4.20. The molecule has 5 rings (SSSR count). The lowest BCUT2D eigenvalue weighted by atomic mass is 10.1. The van der Waals surface area contributed by atoms with Gasteiger partial charge in [-0.25, -0.2) is 14.5 Å². The van der Waals surface area contributed by atoms with Crippen LogP contribution in [0.4, 0.5) is 5.82 Å². The molecule has 1 unspecified atom stereocenters. The van der Waals surface area contributed by atoms with Crippen LogP contribution in [0.3, 0.4) is 0 Å². The third-order valence-corrected chi connectivity index (χ3v) is 6.76. The standard InChI is InChI=1S/C28H31N7O3/c1-20(36-2)19-38-24-12-25(28-23(13-29)16-32-35(28)18-24)22-5-6-26(30-15-22)34-10-8-33(9-11-34)17-21-4-7-27(37-3)31-14-21/h4-7,12,14-16,18,20H,8-11,17,19H2,1-3H3. The Morgan fingerprint density at radius 1 is 1.03 bits per heavy atom. The fraction of sp³-hybridized carbons (Fsp3) is 0.357. The second kappa shape index (κ2) is 11.5. The van der Waals surface area contributed by atoms with Gasteiger partial charge in [0.1, 0.15) is 24.2 Å². The molecular weight excluding hydrogens is 482 g/mol. The molecule has 0 aromatic carbocycles. The molecule has 38 heavy (non-hydrogen) atoms. The summed E-state index contributed by atoms with van der Waals surface area (Å²) in [6.07, 6.45) is 7.04. The Morgan fingerprint density at radius 2 is 1.87 bits per heavy atom. The Labute approximate surface area is 222 Å². The van der Waals surface area contributed by atoms with Crippen LogP contribution in [0.15, 0.2) is 55.1 Å². The van der Waals surface area contributed by atoms with E-state index >= 15 is 0 Å². The topological polar surface area (TPSA) is 101 Å². The summed E-state index contributed by atoms with van der Waals surface area (Å²) in [5, 5.41) is 14.0. The maximum atomic E-state index is 9.64. The lowest BCUT2D eigenvalue weighted by Gasteiger charge is -2.35. The van der Waals surface area contributed by atoms with Crippen LogP contribution < -0.4 is 14.4 Å². The molecule has 1 atom stereocenters. The number of nitriles is 1. The van der Waals surface area contributed by atoms with Gasteiger partial charge in [0.05, 0.1) is 36.7 Å².